The van der Waals surface area contributed by atoms with Gasteiger partial charge in [-0.1, -0.05) is 17.7 Å². The van der Waals surface area contributed by atoms with Crippen LogP contribution in [0.1, 0.15) is 11.1 Å². The average molecular weight is 322 g/mol. The highest BCUT2D eigenvalue weighted by Gasteiger charge is 2.19. The molecule has 0 bridgehead atoms. The number of nitrogen functional groups attached to an aromatic ring is 1. The van der Waals surface area contributed by atoms with E-state index in [1.807, 2.05) is 6.07 Å². The molecule has 2 rings (SSSR count). The molecule has 21 heavy (non-hydrogen) atoms. The van der Waals surface area contributed by atoms with Crippen molar-refractivity contribution in [3.05, 3.63) is 52.5 Å². The second-order valence-corrected chi connectivity index (χ2v) is 6.49. The van der Waals surface area contributed by atoms with E-state index in [1.165, 1.54) is 24.3 Å². The first-order valence-electron chi connectivity index (χ1n) is 5.92. The Kier molecular flexibility index (Phi) is 4.07. The number of sulfonamides is 1. The van der Waals surface area contributed by atoms with Gasteiger partial charge in [-0.25, -0.2) is 8.42 Å². The molecule has 0 saturated carbocycles. The van der Waals surface area contributed by atoms with Crippen molar-refractivity contribution in [2.75, 3.05) is 10.5 Å². The molecule has 108 valence electrons. The molecule has 0 radical (unpaired) electrons. The number of hydrogen-bond donors (Lipinski definition) is 2. The first-order chi connectivity index (χ1) is 9.83. The van der Waals surface area contributed by atoms with Crippen molar-refractivity contribution < 1.29 is 8.42 Å². The molecule has 0 unspecified atom stereocenters. The van der Waals surface area contributed by atoms with Gasteiger partial charge >= 0.3 is 0 Å². The minimum atomic E-state index is -3.86. The van der Waals surface area contributed by atoms with E-state index >= 15 is 0 Å². The van der Waals surface area contributed by atoms with Gasteiger partial charge in [-0.2, -0.15) is 5.26 Å². The third-order valence-electron chi connectivity index (χ3n) is 2.86. The molecule has 0 aliphatic rings. The van der Waals surface area contributed by atoms with Crippen LogP contribution in [0.5, 0.6) is 0 Å². The predicted molar refractivity (Wildman–Crippen MR) is 82.6 cm³/mol. The van der Waals surface area contributed by atoms with Gasteiger partial charge in [-0.3, -0.25) is 4.72 Å². The van der Waals surface area contributed by atoms with E-state index in [0.717, 1.165) is 5.56 Å². The van der Waals surface area contributed by atoms with Crippen molar-refractivity contribution in [3.63, 3.8) is 0 Å². The molecule has 3 N–H and O–H groups in total. The average Bonchev–Trinajstić information content (AvgIpc) is 2.42. The number of nitrogens with two attached hydrogens (primary N) is 1. The number of nitrogens with one attached hydrogen (secondary N) is 1. The molecule has 0 amide bonds. The lowest BCUT2D eigenvalue weighted by molar-refractivity contribution is 0.601. The number of aryl methyl sites for hydroxylation is 1. The van der Waals surface area contributed by atoms with Gasteiger partial charge in [-0.05, 0) is 42.8 Å². The van der Waals surface area contributed by atoms with Crippen LogP contribution < -0.4 is 10.5 Å². The van der Waals surface area contributed by atoms with Crippen molar-refractivity contribution in [2.24, 2.45) is 0 Å². The smallest absolute Gasteiger partial charge is 0.263 e. The molecular weight excluding hydrogens is 310 g/mol. The van der Waals surface area contributed by atoms with Gasteiger partial charge in [0.2, 0.25) is 0 Å². The largest absolute Gasteiger partial charge is 0.399 e. The van der Waals surface area contributed by atoms with E-state index < -0.39 is 10.0 Å². The number of benzene rings is 2. The molecule has 0 atom stereocenters. The summed E-state index contributed by atoms with van der Waals surface area (Å²) in [6.45, 7) is 1.76. The monoisotopic (exact) mass is 321 g/mol. The molecule has 5 nitrogen and oxygen atoms in total. The zero-order chi connectivity index (χ0) is 15.6. The Labute approximate surface area is 128 Å². The highest BCUT2D eigenvalue weighted by Crippen LogP contribution is 2.26. The SMILES string of the molecule is Cc1ccc(N)cc1NS(=O)(=O)c1ccc(C#N)cc1Cl. The van der Waals surface area contributed by atoms with E-state index in [4.69, 9.17) is 22.6 Å². The summed E-state index contributed by atoms with van der Waals surface area (Å²) in [6, 6.07) is 10.8. The highest BCUT2D eigenvalue weighted by molar-refractivity contribution is 7.92. The van der Waals surface area contributed by atoms with E-state index in [2.05, 4.69) is 4.72 Å². The van der Waals surface area contributed by atoms with Crippen molar-refractivity contribution >= 4 is 33.0 Å². The molecular formula is C14H12ClN3O2S. The lowest BCUT2D eigenvalue weighted by Crippen LogP contribution is -2.14. The van der Waals surface area contributed by atoms with Gasteiger partial charge < -0.3 is 5.73 Å². The summed E-state index contributed by atoms with van der Waals surface area (Å²) in [5, 5.41) is 8.76. The Bertz CT molecular complexity index is 842. The maximum absolute atomic E-state index is 12.4. The summed E-state index contributed by atoms with van der Waals surface area (Å²) in [7, 11) is -3.86. The maximum atomic E-state index is 12.4. The Balaban J connectivity index is 2.44. The minimum absolute atomic E-state index is 0.0110. The normalized spacial score (nSPS) is 10.9. The van der Waals surface area contributed by atoms with Crippen molar-refractivity contribution in [1.82, 2.24) is 0 Å². The number of anilines is 2. The van der Waals surface area contributed by atoms with Crippen LogP contribution in [0.25, 0.3) is 0 Å². The van der Waals surface area contributed by atoms with Crippen LogP contribution in [0.15, 0.2) is 41.3 Å². The summed E-state index contributed by atoms with van der Waals surface area (Å²) in [5.74, 6) is 0. The van der Waals surface area contributed by atoms with E-state index in [9.17, 15) is 8.42 Å². The zero-order valence-electron chi connectivity index (χ0n) is 11.1. The predicted octanol–water partition coefficient (Wildman–Crippen LogP) is 2.90. The van der Waals surface area contributed by atoms with Crippen LogP contribution in [0.2, 0.25) is 5.02 Å². The van der Waals surface area contributed by atoms with Gasteiger partial charge in [0, 0.05) is 5.69 Å². The summed E-state index contributed by atoms with van der Waals surface area (Å²) in [6.07, 6.45) is 0. The molecule has 0 spiro atoms. The van der Waals surface area contributed by atoms with Gasteiger partial charge in [0.15, 0.2) is 0 Å². The van der Waals surface area contributed by atoms with E-state index in [-0.39, 0.29) is 9.92 Å². The Morgan fingerprint density at radius 3 is 2.57 bits per heavy atom. The fourth-order valence-corrected chi connectivity index (χ4v) is 3.41. The highest BCUT2D eigenvalue weighted by atomic mass is 35.5. The second kappa shape index (κ2) is 5.64. The Hall–Kier alpha value is -2.23. The third kappa shape index (κ3) is 3.27. The molecule has 2 aromatic rings. The standard InChI is InChI=1S/C14H12ClN3O2S/c1-9-2-4-11(17)7-13(9)18-21(19,20)14-5-3-10(8-16)6-12(14)15/h2-7,18H,17H2,1H3. The number of hydrogen-bond acceptors (Lipinski definition) is 4. The molecule has 2 aromatic carbocycles. The molecule has 0 aliphatic heterocycles. The number of nitrogens with zero attached hydrogens (tertiary/aromatic N) is 1. The molecule has 0 heterocycles. The Morgan fingerprint density at radius 1 is 1.24 bits per heavy atom. The quantitative estimate of drug-likeness (QED) is 0.849. The second-order valence-electron chi connectivity index (χ2n) is 4.44. The minimum Gasteiger partial charge on any atom is -0.399 e. The topological polar surface area (TPSA) is 96.0 Å². The lowest BCUT2D eigenvalue weighted by Gasteiger charge is -2.12. The fraction of sp³-hybridized carbons (Fsp3) is 0.0714. The molecule has 0 fully saturated rings. The van der Waals surface area contributed by atoms with Crippen LogP contribution in [0, 0.1) is 18.3 Å². The van der Waals surface area contributed by atoms with E-state index in [1.54, 1.807) is 19.1 Å². The molecule has 0 saturated heterocycles. The number of rotatable bonds is 3. The number of halogens is 1. The van der Waals surface area contributed by atoms with Gasteiger partial charge in [-0.15, -0.1) is 0 Å². The molecule has 0 aromatic heterocycles. The Morgan fingerprint density at radius 2 is 1.95 bits per heavy atom. The fourth-order valence-electron chi connectivity index (χ4n) is 1.74. The first kappa shape index (κ1) is 15.2. The van der Waals surface area contributed by atoms with Crippen LogP contribution in [0.3, 0.4) is 0 Å². The zero-order valence-corrected chi connectivity index (χ0v) is 12.7. The van der Waals surface area contributed by atoms with Crippen molar-refractivity contribution in [3.8, 4) is 6.07 Å². The first-order valence-corrected chi connectivity index (χ1v) is 7.78. The van der Waals surface area contributed by atoms with Crippen LogP contribution in [-0.2, 0) is 10.0 Å². The van der Waals surface area contributed by atoms with Crippen molar-refractivity contribution in [1.29, 1.82) is 5.26 Å². The number of nitriles is 1. The summed E-state index contributed by atoms with van der Waals surface area (Å²) >= 11 is 5.93. The summed E-state index contributed by atoms with van der Waals surface area (Å²) in [4.78, 5) is -0.0926. The maximum Gasteiger partial charge on any atom is 0.263 e. The lowest BCUT2D eigenvalue weighted by atomic mass is 10.2. The third-order valence-corrected chi connectivity index (χ3v) is 4.70. The van der Waals surface area contributed by atoms with E-state index in [0.29, 0.717) is 16.9 Å². The van der Waals surface area contributed by atoms with Gasteiger partial charge in [0.05, 0.1) is 22.3 Å². The molecule has 7 heteroatoms. The van der Waals surface area contributed by atoms with Gasteiger partial charge in [0.1, 0.15) is 4.90 Å². The van der Waals surface area contributed by atoms with Gasteiger partial charge in [0.25, 0.3) is 10.0 Å². The summed E-state index contributed by atoms with van der Waals surface area (Å²) in [5.41, 5.74) is 7.51. The summed E-state index contributed by atoms with van der Waals surface area (Å²) < 4.78 is 27.2. The van der Waals surface area contributed by atoms with Crippen LogP contribution in [0.4, 0.5) is 11.4 Å². The van der Waals surface area contributed by atoms with Crippen LogP contribution >= 0.6 is 11.6 Å². The van der Waals surface area contributed by atoms with Crippen molar-refractivity contribution in [2.45, 2.75) is 11.8 Å². The molecule has 0 aliphatic carbocycles. The van der Waals surface area contributed by atoms with Crippen LogP contribution in [-0.4, -0.2) is 8.42 Å².